The molecule has 134 valence electrons. The third kappa shape index (κ3) is 1.16. The molecule has 6 aliphatic carbocycles. The first-order chi connectivity index (χ1) is 11.7. The van der Waals surface area contributed by atoms with Crippen LogP contribution in [0.2, 0.25) is 0 Å². The number of aliphatic hydroxyl groups is 2. The predicted octanol–water partition coefficient (Wildman–Crippen LogP) is 2.84. The molecule has 8 heteroatoms. The third-order valence-corrected chi connectivity index (χ3v) is 9.42. The van der Waals surface area contributed by atoms with Crippen molar-refractivity contribution in [2.75, 3.05) is 0 Å². The maximum absolute atomic E-state index is 14.5. The Kier molecular flexibility index (Phi) is 2.40. The van der Waals surface area contributed by atoms with Gasteiger partial charge < -0.3 is 10.2 Å². The second kappa shape index (κ2) is 3.92. The Hall–Kier alpha value is -0.730. The molecule has 0 saturated heterocycles. The Labute approximate surface area is 147 Å². The molecule has 6 fully saturated rings. The smallest absolute Gasteiger partial charge is 0.200 e. The molecule has 2 nitrogen and oxygen atoms in total. The van der Waals surface area contributed by atoms with E-state index < -0.39 is 57.7 Å². The van der Waals surface area contributed by atoms with Gasteiger partial charge in [0.1, 0.15) is 5.60 Å². The highest BCUT2D eigenvalue weighted by Gasteiger charge is 2.93. The molecule has 2 N–H and O–H groups in total. The molecule has 0 heterocycles. The minimum atomic E-state index is -2.23. The lowest BCUT2D eigenvalue weighted by Gasteiger charge is -2.38. The van der Waals surface area contributed by atoms with E-state index in [-0.39, 0.29) is 34.4 Å². The Bertz CT molecular complexity index is 848. The summed E-state index contributed by atoms with van der Waals surface area (Å²) in [6.07, 6.45) is 0.725. The fourth-order valence-electron chi connectivity index (χ4n) is 7.93. The zero-order chi connectivity index (χ0) is 17.8. The van der Waals surface area contributed by atoms with Gasteiger partial charge in [0.05, 0.1) is 11.2 Å². The Morgan fingerprint density at radius 1 is 0.800 bits per heavy atom. The maximum Gasteiger partial charge on any atom is 0.200 e. The molecule has 6 aliphatic rings. The number of rotatable bonds is 1. The first-order valence-corrected chi connectivity index (χ1v) is 9.20. The second-order valence-corrected chi connectivity index (χ2v) is 9.29. The van der Waals surface area contributed by atoms with Gasteiger partial charge in [0.2, 0.25) is 5.82 Å². The number of benzene rings is 1. The number of hydrogen-bond donors (Lipinski definition) is 2. The van der Waals surface area contributed by atoms with Crippen LogP contribution in [0, 0.1) is 70.5 Å². The van der Waals surface area contributed by atoms with Crippen molar-refractivity contribution in [2.24, 2.45) is 41.4 Å². The lowest BCUT2D eigenvalue weighted by Crippen LogP contribution is -2.47. The first kappa shape index (κ1) is 15.3. The van der Waals surface area contributed by atoms with Gasteiger partial charge in [-0.1, -0.05) is 15.9 Å². The fraction of sp³-hybridized carbons (Fsp3) is 0.647. The van der Waals surface area contributed by atoms with E-state index in [0.29, 0.717) is 0 Å². The van der Waals surface area contributed by atoms with Crippen molar-refractivity contribution in [3.63, 3.8) is 0 Å². The zero-order valence-electron chi connectivity index (χ0n) is 12.5. The quantitative estimate of drug-likeness (QED) is 0.316. The van der Waals surface area contributed by atoms with Gasteiger partial charge in [0.25, 0.3) is 0 Å². The van der Waals surface area contributed by atoms with Gasteiger partial charge in [-0.2, -0.15) is 0 Å². The van der Waals surface area contributed by atoms with Gasteiger partial charge in [-0.15, -0.1) is 0 Å². The molecule has 0 radical (unpaired) electrons. The summed E-state index contributed by atoms with van der Waals surface area (Å²) in [5.74, 6) is -12.3. The van der Waals surface area contributed by atoms with Crippen molar-refractivity contribution in [2.45, 2.75) is 22.5 Å². The topological polar surface area (TPSA) is 40.5 Å². The monoisotopic (exact) mass is 422 g/mol. The molecule has 0 aliphatic heterocycles. The van der Waals surface area contributed by atoms with Crippen LogP contribution in [-0.4, -0.2) is 20.6 Å². The highest BCUT2D eigenvalue weighted by molar-refractivity contribution is 9.09. The Morgan fingerprint density at radius 2 is 1.32 bits per heavy atom. The van der Waals surface area contributed by atoms with Gasteiger partial charge in [-0.3, -0.25) is 0 Å². The van der Waals surface area contributed by atoms with Crippen LogP contribution in [0.5, 0.6) is 0 Å². The van der Waals surface area contributed by atoms with Crippen molar-refractivity contribution in [3.8, 4) is 0 Å². The first-order valence-electron chi connectivity index (χ1n) is 8.29. The molecule has 0 amide bonds. The van der Waals surface area contributed by atoms with Crippen molar-refractivity contribution >= 4 is 15.9 Å². The summed E-state index contributed by atoms with van der Waals surface area (Å²) < 4.78 is 69.9. The molecule has 0 spiro atoms. The van der Waals surface area contributed by atoms with Crippen molar-refractivity contribution in [3.05, 3.63) is 34.6 Å². The fourth-order valence-corrected chi connectivity index (χ4v) is 9.26. The van der Waals surface area contributed by atoms with E-state index in [1.54, 1.807) is 0 Å². The van der Waals surface area contributed by atoms with Gasteiger partial charge in [-0.05, 0) is 36.0 Å². The molecule has 6 saturated carbocycles. The van der Waals surface area contributed by atoms with Gasteiger partial charge in [0.15, 0.2) is 23.3 Å². The molecule has 7 rings (SSSR count). The summed E-state index contributed by atoms with van der Waals surface area (Å²) in [4.78, 5) is -0.324. The highest BCUT2D eigenvalue weighted by Crippen LogP contribution is 2.89. The molecule has 6 bridgehead atoms. The van der Waals surface area contributed by atoms with E-state index in [1.165, 1.54) is 0 Å². The molecule has 0 aromatic heterocycles. The van der Waals surface area contributed by atoms with Gasteiger partial charge >= 0.3 is 0 Å². The second-order valence-electron chi connectivity index (χ2n) is 8.31. The van der Waals surface area contributed by atoms with Gasteiger partial charge in [0, 0.05) is 16.7 Å². The van der Waals surface area contributed by atoms with Crippen LogP contribution in [0.4, 0.5) is 22.0 Å². The normalized spacial score (nSPS) is 56.2. The van der Waals surface area contributed by atoms with E-state index in [4.69, 9.17) is 0 Å². The average Bonchev–Trinajstić information content (AvgIpc) is 3.28. The van der Waals surface area contributed by atoms with Crippen LogP contribution >= 0.6 is 15.9 Å². The Balaban J connectivity index is 1.66. The molecule has 25 heavy (non-hydrogen) atoms. The zero-order valence-corrected chi connectivity index (χ0v) is 14.1. The van der Waals surface area contributed by atoms with Crippen LogP contribution in [0.15, 0.2) is 0 Å². The van der Waals surface area contributed by atoms with Crippen LogP contribution in [-0.2, 0) is 5.60 Å². The summed E-state index contributed by atoms with van der Waals surface area (Å²) in [6, 6.07) is 0. The maximum atomic E-state index is 14.5. The summed E-state index contributed by atoms with van der Waals surface area (Å²) in [7, 11) is 0. The third-order valence-electron chi connectivity index (χ3n) is 8.08. The lowest BCUT2D eigenvalue weighted by atomic mass is 9.69. The predicted molar refractivity (Wildman–Crippen MR) is 76.8 cm³/mol. The summed E-state index contributed by atoms with van der Waals surface area (Å²) >= 11 is 3.49. The summed E-state index contributed by atoms with van der Waals surface area (Å²) in [5.41, 5.74) is -4.76. The van der Waals surface area contributed by atoms with Crippen molar-refractivity contribution < 1.29 is 32.2 Å². The number of alkyl halides is 1. The SMILES string of the molecule is O[C@]1(c2c(F)c(F)c(F)c(F)c2F)C2C3CC4C5C3C1[C@](O)(C42)[C@H]5Br. The summed E-state index contributed by atoms with van der Waals surface area (Å²) in [5, 5.41) is 22.7. The summed E-state index contributed by atoms with van der Waals surface area (Å²) in [6.45, 7) is 0. The highest BCUT2D eigenvalue weighted by atomic mass is 79.9. The van der Waals surface area contributed by atoms with Crippen molar-refractivity contribution in [1.82, 2.24) is 0 Å². The minimum absolute atomic E-state index is 0.0483. The molecule has 1 aromatic carbocycles. The molecular weight excluding hydrogens is 411 g/mol. The average molecular weight is 423 g/mol. The minimum Gasteiger partial charge on any atom is -0.388 e. The Morgan fingerprint density at radius 3 is 1.88 bits per heavy atom. The number of halogens is 6. The lowest BCUT2D eigenvalue weighted by molar-refractivity contribution is -0.0802. The van der Waals surface area contributed by atoms with Crippen molar-refractivity contribution in [1.29, 1.82) is 0 Å². The van der Waals surface area contributed by atoms with Crippen LogP contribution < -0.4 is 0 Å². The molecule has 10 atom stereocenters. The van der Waals surface area contributed by atoms with E-state index in [1.807, 2.05) is 0 Å². The van der Waals surface area contributed by atoms with Crippen LogP contribution in [0.1, 0.15) is 12.0 Å². The van der Waals surface area contributed by atoms with Crippen LogP contribution in [0.3, 0.4) is 0 Å². The van der Waals surface area contributed by atoms with E-state index in [2.05, 4.69) is 15.9 Å². The van der Waals surface area contributed by atoms with Gasteiger partial charge in [-0.25, -0.2) is 22.0 Å². The molecule has 7 unspecified atom stereocenters. The van der Waals surface area contributed by atoms with E-state index in [9.17, 15) is 32.2 Å². The van der Waals surface area contributed by atoms with E-state index >= 15 is 0 Å². The largest absolute Gasteiger partial charge is 0.388 e. The van der Waals surface area contributed by atoms with E-state index in [0.717, 1.165) is 6.42 Å². The number of hydrogen-bond acceptors (Lipinski definition) is 2. The standard InChI is InChI=1S/C17H12BrF5O2/c18-15-5-3-1-2-4(5)14-16(24,6(2)7(3)17(14,15)25)8-9(19)11(21)13(23)12(22)10(8)20/h2-7,14-15,24-25H,1H2/t2?,3?,4?,5?,6?,7?,14?,15-,16-,17+/m0/s1. The van der Waals surface area contributed by atoms with Crippen LogP contribution in [0.25, 0.3) is 0 Å². The molecular formula is C17H12BrF5O2. The molecule has 1 aromatic rings.